The first-order valence-electron chi connectivity index (χ1n) is 8.71. The van der Waals surface area contributed by atoms with Crippen molar-refractivity contribution in [2.24, 2.45) is 0 Å². The largest absolute Gasteiger partial charge is 0.368 e. The topological polar surface area (TPSA) is 82.6 Å². The van der Waals surface area contributed by atoms with Crippen molar-refractivity contribution in [2.45, 2.75) is 18.2 Å². The smallest absolute Gasteiger partial charge is 0.243 e. The van der Waals surface area contributed by atoms with Crippen LogP contribution in [0.3, 0.4) is 0 Å². The first kappa shape index (κ1) is 20.9. The Morgan fingerprint density at radius 1 is 1.04 bits per heavy atom. The Morgan fingerprint density at radius 3 is 2.29 bits per heavy atom. The summed E-state index contributed by atoms with van der Waals surface area (Å²) in [6.07, 6.45) is 3.69. The van der Waals surface area contributed by atoms with Crippen molar-refractivity contribution in [3.63, 3.8) is 0 Å². The molecule has 0 atom stereocenters. The molecule has 2 aromatic rings. The third-order valence-corrected chi connectivity index (χ3v) is 6.88. The second-order valence-electron chi connectivity index (χ2n) is 6.40. The zero-order chi connectivity index (χ0) is 20.3. The van der Waals surface area contributed by atoms with E-state index in [-0.39, 0.29) is 10.8 Å². The first-order valence-corrected chi connectivity index (χ1v) is 10.9. The van der Waals surface area contributed by atoms with Gasteiger partial charge in [-0.15, -0.1) is 0 Å². The van der Waals surface area contributed by atoms with Crippen molar-refractivity contribution >= 4 is 50.5 Å². The zero-order valence-electron chi connectivity index (χ0n) is 15.2. The fraction of sp³-hybridized carbons (Fsp3) is 0.333. The lowest BCUT2D eigenvalue weighted by Gasteiger charge is -2.25. The average molecular weight is 443 g/mol. The van der Waals surface area contributed by atoms with Gasteiger partial charge in [0.15, 0.2) is 0 Å². The van der Waals surface area contributed by atoms with Crippen molar-refractivity contribution in [2.75, 3.05) is 36.4 Å². The van der Waals surface area contributed by atoms with Crippen LogP contribution in [0.5, 0.6) is 0 Å². The lowest BCUT2D eigenvalue weighted by atomic mass is 10.3. The van der Waals surface area contributed by atoms with Crippen LogP contribution in [0.15, 0.2) is 41.6 Å². The second-order valence-corrected chi connectivity index (χ2v) is 9.15. The molecule has 0 unspecified atom stereocenters. The van der Waals surface area contributed by atoms with E-state index in [0.717, 1.165) is 0 Å². The molecule has 1 N–H and O–H groups in total. The maximum absolute atomic E-state index is 13.0. The van der Waals surface area contributed by atoms with E-state index in [9.17, 15) is 13.2 Å². The molecule has 0 radical (unpaired) electrons. The van der Waals surface area contributed by atoms with E-state index in [1.807, 2.05) is 4.90 Å². The number of anilines is 2. The lowest BCUT2D eigenvalue weighted by Crippen LogP contribution is -2.35. The Labute approximate surface area is 174 Å². The molecule has 3 rings (SSSR count). The van der Waals surface area contributed by atoms with Crippen molar-refractivity contribution < 1.29 is 13.2 Å². The van der Waals surface area contributed by atoms with Crippen LogP contribution in [0.1, 0.15) is 13.3 Å². The third kappa shape index (κ3) is 4.57. The van der Waals surface area contributed by atoms with Gasteiger partial charge in [-0.2, -0.15) is 4.31 Å². The summed E-state index contributed by atoms with van der Waals surface area (Å²) in [4.78, 5) is 17.2. The number of amides is 1. The van der Waals surface area contributed by atoms with E-state index in [2.05, 4.69) is 10.3 Å². The number of nitrogens with zero attached hydrogens (tertiary/aromatic N) is 3. The van der Waals surface area contributed by atoms with Crippen molar-refractivity contribution in [3.05, 3.63) is 46.7 Å². The highest BCUT2D eigenvalue weighted by Crippen LogP contribution is 2.33. The van der Waals surface area contributed by atoms with Gasteiger partial charge in [0.2, 0.25) is 15.9 Å². The number of hydrogen-bond acceptors (Lipinski definition) is 5. The summed E-state index contributed by atoms with van der Waals surface area (Å²) in [6.45, 7) is 3.20. The lowest BCUT2D eigenvalue weighted by molar-refractivity contribution is -0.114. The first-order chi connectivity index (χ1) is 13.3. The molecule has 10 heteroatoms. The Kier molecular flexibility index (Phi) is 6.44. The summed E-state index contributed by atoms with van der Waals surface area (Å²) in [7, 11) is -3.64. The van der Waals surface area contributed by atoms with Gasteiger partial charge in [0.05, 0.1) is 20.6 Å². The van der Waals surface area contributed by atoms with Crippen LogP contribution < -0.4 is 10.2 Å². The quantitative estimate of drug-likeness (QED) is 0.785. The molecule has 0 bridgehead atoms. The predicted molar refractivity (Wildman–Crippen MR) is 111 cm³/mol. The van der Waals surface area contributed by atoms with E-state index in [1.165, 1.54) is 35.8 Å². The van der Waals surface area contributed by atoms with Gasteiger partial charge >= 0.3 is 0 Å². The van der Waals surface area contributed by atoms with Crippen molar-refractivity contribution in [1.82, 2.24) is 9.29 Å². The van der Waals surface area contributed by atoms with Crippen LogP contribution in [0.4, 0.5) is 11.4 Å². The number of hydrogen-bond donors (Lipinski definition) is 1. The Balaban J connectivity index is 1.76. The summed E-state index contributed by atoms with van der Waals surface area (Å²) in [5.74, 6) is -0.211. The Hall–Kier alpha value is -1.87. The maximum Gasteiger partial charge on any atom is 0.243 e. The maximum atomic E-state index is 13.0. The molecule has 0 spiro atoms. The molecule has 2 heterocycles. The summed E-state index contributed by atoms with van der Waals surface area (Å²) >= 11 is 12.5. The molecule has 0 saturated carbocycles. The molecule has 1 amide bonds. The van der Waals surface area contributed by atoms with Gasteiger partial charge in [0.1, 0.15) is 0 Å². The van der Waals surface area contributed by atoms with Gasteiger partial charge in [-0.3, -0.25) is 9.78 Å². The highest BCUT2D eigenvalue weighted by Gasteiger charge is 2.28. The normalized spacial score (nSPS) is 15.9. The highest BCUT2D eigenvalue weighted by atomic mass is 35.5. The fourth-order valence-electron chi connectivity index (χ4n) is 3.13. The van der Waals surface area contributed by atoms with Gasteiger partial charge in [-0.1, -0.05) is 23.2 Å². The molecular weight excluding hydrogens is 423 g/mol. The molecule has 1 aromatic heterocycles. The molecule has 1 fully saturated rings. The molecule has 1 aliphatic heterocycles. The fourth-order valence-corrected chi connectivity index (χ4v) is 5.20. The Bertz CT molecular complexity index is 947. The summed E-state index contributed by atoms with van der Waals surface area (Å²) in [6, 6.07) is 6.16. The minimum absolute atomic E-state index is 0.190. The number of carbonyl (C=O) groups excluding carboxylic acids is 1. The molecule has 1 aromatic carbocycles. The second kappa shape index (κ2) is 8.65. The zero-order valence-corrected chi connectivity index (χ0v) is 17.6. The molecule has 1 aliphatic rings. The molecular formula is C18H20Cl2N4O3S. The minimum Gasteiger partial charge on any atom is -0.368 e. The summed E-state index contributed by atoms with van der Waals surface area (Å²) in [5.41, 5.74) is 1.23. The molecule has 1 saturated heterocycles. The highest BCUT2D eigenvalue weighted by molar-refractivity contribution is 7.89. The van der Waals surface area contributed by atoms with Crippen LogP contribution in [0.25, 0.3) is 0 Å². The Morgan fingerprint density at radius 2 is 1.68 bits per heavy atom. The number of carbonyl (C=O) groups is 1. The van der Waals surface area contributed by atoms with Crippen molar-refractivity contribution in [1.29, 1.82) is 0 Å². The van der Waals surface area contributed by atoms with Crippen LogP contribution in [-0.4, -0.2) is 49.8 Å². The van der Waals surface area contributed by atoms with Gasteiger partial charge in [0, 0.05) is 51.2 Å². The van der Waals surface area contributed by atoms with Gasteiger partial charge in [0.25, 0.3) is 0 Å². The average Bonchev–Trinajstić information content (AvgIpc) is 2.88. The molecule has 150 valence electrons. The standard InChI is InChI=1S/C18H20Cl2N4O3S/c1-13(25)22-14-3-5-15(6-4-14)28(26,27)24-8-2-7-23(9-10-24)18-16(19)11-21-12-17(18)20/h3-6,11-12H,2,7-10H2,1H3,(H,22,25). The van der Waals surface area contributed by atoms with Gasteiger partial charge in [-0.05, 0) is 30.7 Å². The van der Waals surface area contributed by atoms with E-state index in [4.69, 9.17) is 23.2 Å². The number of nitrogens with one attached hydrogen (secondary N) is 1. The SMILES string of the molecule is CC(=O)Nc1ccc(S(=O)(=O)N2CCCN(c3c(Cl)cncc3Cl)CC2)cc1. The molecule has 28 heavy (non-hydrogen) atoms. The monoisotopic (exact) mass is 442 g/mol. The number of pyridine rings is 1. The van der Waals surface area contributed by atoms with E-state index in [0.29, 0.717) is 54.0 Å². The molecule has 7 nitrogen and oxygen atoms in total. The van der Waals surface area contributed by atoms with Gasteiger partial charge in [-0.25, -0.2) is 8.42 Å². The summed E-state index contributed by atoms with van der Waals surface area (Å²) in [5, 5.41) is 3.51. The molecule has 0 aliphatic carbocycles. The van der Waals surface area contributed by atoms with E-state index in [1.54, 1.807) is 12.1 Å². The number of rotatable bonds is 4. The van der Waals surface area contributed by atoms with Crippen LogP contribution >= 0.6 is 23.2 Å². The number of aromatic nitrogens is 1. The van der Waals surface area contributed by atoms with Crippen molar-refractivity contribution in [3.8, 4) is 0 Å². The van der Waals surface area contributed by atoms with E-state index < -0.39 is 10.0 Å². The van der Waals surface area contributed by atoms with Crippen LogP contribution in [0.2, 0.25) is 10.0 Å². The summed E-state index contributed by atoms with van der Waals surface area (Å²) < 4.78 is 27.5. The number of sulfonamides is 1. The number of halogens is 2. The van der Waals surface area contributed by atoms with Crippen LogP contribution in [-0.2, 0) is 14.8 Å². The predicted octanol–water partition coefficient (Wildman–Crippen LogP) is 3.25. The van der Waals surface area contributed by atoms with E-state index >= 15 is 0 Å². The minimum atomic E-state index is -3.64. The van der Waals surface area contributed by atoms with Crippen LogP contribution in [0, 0.1) is 0 Å². The third-order valence-electron chi connectivity index (χ3n) is 4.41. The number of benzene rings is 1. The van der Waals surface area contributed by atoms with Gasteiger partial charge < -0.3 is 10.2 Å².